The second-order valence-electron chi connectivity index (χ2n) is 5.73. The van der Waals surface area contributed by atoms with Gasteiger partial charge in [0, 0.05) is 6.20 Å². The molecule has 0 aliphatic carbocycles. The molecule has 28 heavy (non-hydrogen) atoms. The molecular formula is C20H15F2N3O3. The molecule has 0 radical (unpaired) electrons. The van der Waals surface area contributed by atoms with Gasteiger partial charge in [-0.25, -0.2) is 8.78 Å². The molecule has 3 rings (SSSR count). The normalized spacial score (nSPS) is 10.8. The summed E-state index contributed by atoms with van der Waals surface area (Å²) in [6, 6.07) is 11.3. The predicted octanol–water partition coefficient (Wildman–Crippen LogP) is 4.00. The van der Waals surface area contributed by atoms with Gasteiger partial charge < -0.3 is 15.3 Å². The number of carbonyl (C=O) groups excluding carboxylic acids is 1. The number of hydrogen-bond donors (Lipinski definition) is 2. The van der Waals surface area contributed by atoms with Crippen LogP contribution in [0.1, 0.15) is 21.5 Å². The van der Waals surface area contributed by atoms with Gasteiger partial charge in [-0.1, -0.05) is 11.2 Å². The van der Waals surface area contributed by atoms with E-state index in [2.05, 4.69) is 15.5 Å². The molecule has 0 saturated carbocycles. The van der Waals surface area contributed by atoms with Crippen molar-refractivity contribution in [2.45, 2.75) is 6.61 Å². The first-order valence-corrected chi connectivity index (χ1v) is 8.16. The SMILES string of the molecule is O=C(Nc1cccnc1)c1cc(C=NO)ccc1OCc1ccc(F)c(F)c1. The number of pyridine rings is 1. The van der Waals surface area contributed by atoms with E-state index in [1.165, 1.54) is 30.6 Å². The molecule has 1 heterocycles. The maximum absolute atomic E-state index is 13.4. The number of oxime groups is 1. The Morgan fingerprint density at radius 2 is 2.04 bits per heavy atom. The van der Waals surface area contributed by atoms with Crippen LogP contribution in [0.4, 0.5) is 14.5 Å². The van der Waals surface area contributed by atoms with Crippen LogP contribution in [0, 0.1) is 11.6 Å². The minimum Gasteiger partial charge on any atom is -0.488 e. The highest BCUT2D eigenvalue weighted by Gasteiger charge is 2.15. The van der Waals surface area contributed by atoms with Crippen LogP contribution in [0.3, 0.4) is 0 Å². The van der Waals surface area contributed by atoms with Gasteiger partial charge in [0.2, 0.25) is 0 Å². The highest BCUT2D eigenvalue weighted by molar-refractivity contribution is 6.07. The van der Waals surface area contributed by atoms with E-state index >= 15 is 0 Å². The fourth-order valence-electron chi connectivity index (χ4n) is 2.42. The summed E-state index contributed by atoms with van der Waals surface area (Å²) >= 11 is 0. The molecule has 1 amide bonds. The molecule has 0 fully saturated rings. The molecule has 0 unspecified atom stereocenters. The highest BCUT2D eigenvalue weighted by Crippen LogP contribution is 2.23. The first kappa shape index (κ1) is 19.0. The zero-order chi connectivity index (χ0) is 19.9. The van der Waals surface area contributed by atoms with Gasteiger partial charge in [-0.15, -0.1) is 0 Å². The van der Waals surface area contributed by atoms with E-state index in [-0.39, 0.29) is 17.9 Å². The number of nitrogens with one attached hydrogen (secondary N) is 1. The number of halogens is 2. The average Bonchev–Trinajstić information content (AvgIpc) is 2.70. The van der Waals surface area contributed by atoms with Crippen LogP contribution in [0.15, 0.2) is 66.1 Å². The van der Waals surface area contributed by atoms with Gasteiger partial charge in [-0.2, -0.15) is 0 Å². The second-order valence-corrected chi connectivity index (χ2v) is 5.73. The number of benzene rings is 2. The Balaban J connectivity index is 1.84. The fraction of sp³-hybridized carbons (Fsp3) is 0.0500. The Labute approximate surface area is 159 Å². The van der Waals surface area contributed by atoms with E-state index < -0.39 is 17.5 Å². The van der Waals surface area contributed by atoms with E-state index in [1.54, 1.807) is 24.4 Å². The summed E-state index contributed by atoms with van der Waals surface area (Å²) in [4.78, 5) is 16.6. The van der Waals surface area contributed by atoms with Crippen LogP contribution in [-0.4, -0.2) is 22.3 Å². The molecule has 0 atom stereocenters. The molecule has 0 spiro atoms. The summed E-state index contributed by atoms with van der Waals surface area (Å²) in [5, 5.41) is 14.3. The van der Waals surface area contributed by atoms with Crippen LogP contribution in [0.25, 0.3) is 0 Å². The number of carbonyl (C=O) groups is 1. The maximum atomic E-state index is 13.4. The van der Waals surface area contributed by atoms with Gasteiger partial charge in [0.05, 0.1) is 23.7 Å². The van der Waals surface area contributed by atoms with Gasteiger partial charge in [-0.05, 0) is 53.6 Å². The maximum Gasteiger partial charge on any atom is 0.259 e. The molecule has 6 nitrogen and oxygen atoms in total. The van der Waals surface area contributed by atoms with Crippen molar-refractivity contribution < 1.29 is 23.5 Å². The van der Waals surface area contributed by atoms with Crippen molar-refractivity contribution in [3.63, 3.8) is 0 Å². The summed E-state index contributed by atoms with van der Waals surface area (Å²) in [5.41, 5.74) is 1.53. The lowest BCUT2D eigenvalue weighted by Gasteiger charge is -2.13. The molecule has 0 aliphatic rings. The van der Waals surface area contributed by atoms with Crippen LogP contribution < -0.4 is 10.1 Å². The number of hydrogen-bond acceptors (Lipinski definition) is 5. The molecule has 1 aromatic heterocycles. The summed E-state index contributed by atoms with van der Waals surface area (Å²) in [7, 11) is 0. The van der Waals surface area contributed by atoms with Gasteiger partial charge in [0.1, 0.15) is 12.4 Å². The quantitative estimate of drug-likeness (QED) is 0.383. The van der Waals surface area contributed by atoms with Crippen LogP contribution in [0.2, 0.25) is 0 Å². The van der Waals surface area contributed by atoms with E-state index in [1.807, 2.05) is 0 Å². The van der Waals surface area contributed by atoms with Crippen molar-refractivity contribution in [3.8, 4) is 5.75 Å². The lowest BCUT2D eigenvalue weighted by atomic mass is 10.1. The molecule has 3 aromatic rings. The standard InChI is InChI=1S/C20H15F2N3O3/c21-17-5-3-14(9-18(17)22)12-28-19-6-4-13(10-24-27)8-16(19)20(26)25-15-2-1-7-23-11-15/h1-11,27H,12H2,(H,25,26). The lowest BCUT2D eigenvalue weighted by molar-refractivity contribution is 0.102. The average molecular weight is 383 g/mol. The summed E-state index contributed by atoms with van der Waals surface area (Å²) in [6.45, 7) is -0.0716. The number of nitrogens with zero attached hydrogens (tertiary/aromatic N) is 2. The van der Waals surface area contributed by atoms with Gasteiger partial charge in [-0.3, -0.25) is 9.78 Å². The number of aromatic nitrogens is 1. The molecular weight excluding hydrogens is 368 g/mol. The highest BCUT2D eigenvalue weighted by atomic mass is 19.2. The third kappa shape index (κ3) is 4.67. The van der Waals surface area contributed by atoms with E-state index in [9.17, 15) is 13.6 Å². The lowest BCUT2D eigenvalue weighted by Crippen LogP contribution is -2.14. The molecule has 142 valence electrons. The number of rotatable bonds is 6. The minimum atomic E-state index is -0.981. The minimum absolute atomic E-state index is 0.0716. The fourth-order valence-corrected chi connectivity index (χ4v) is 2.42. The van der Waals surface area contributed by atoms with E-state index in [4.69, 9.17) is 9.94 Å². The number of anilines is 1. The van der Waals surface area contributed by atoms with E-state index in [0.29, 0.717) is 16.8 Å². The molecule has 0 saturated heterocycles. The molecule has 8 heteroatoms. The monoisotopic (exact) mass is 383 g/mol. The third-order valence-electron chi connectivity index (χ3n) is 3.75. The van der Waals surface area contributed by atoms with Gasteiger partial charge in [0.25, 0.3) is 5.91 Å². The Hall–Kier alpha value is -3.81. The molecule has 0 bridgehead atoms. The van der Waals surface area contributed by atoms with Crippen molar-refractivity contribution in [1.82, 2.24) is 4.98 Å². The Morgan fingerprint density at radius 3 is 2.75 bits per heavy atom. The Bertz CT molecular complexity index is 1010. The number of amides is 1. The van der Waals surface area contributed by atoms with Crippen molar-refractivity contribution in [1.29, 1.82) is 0 Å². The summed E-state index contributed by atoms with van der Waals surface area (Å²) < 4.78 is 32.0. The van der Waals surface area contributed by atoms with Crippen molar-refractivity contribution in [2.75, 3.05) is 5.32 Å². The smallest absolute Gasteiger partial charge is 0.259 e. The van der Waals surface area contributed by atoms with Crippen LogP contribution in [-0.2, 0) is 6.61 Å². The Kier molecular flexibility index (Phi) is 5.91. The summed E-state index contributed by atoms with van der Waals surface area (Å²) in [6.07, 6.45) is 4.23. The zero-order valence-corrected chi connectivity index (χ0v) is 14.5. The first-order valence-electron chi connectivity index (χ1n) is 8.16. The van der Waals surface area contributed by atoms with Crippen molar-refractivity contribution in [3.05, 3.63) is 89.2 Å². The first-order chi connectivity index (χ1) is 13.6. The van der Waals surface area contributed by atoms with Crippen LogP contribution in [0.5, 0.6) is 5.75 Å². The zero-order valence-electron chi connectivity index (χ0n) is 14.5. The van der Waals surface area contributed by atoms with Crippen molar-refractivity contribution in [2.24, 2.45) is 5.16 Å². The molecule has 2 N–H and O–H groups in total. The van der Waals surface area contributed by atoms with Gasteiger partial charge in [0.15, 0.2) is 11.6 Å². The Morgan fingerprint density at radius 1 is 1.18 bits per heavy atom. The van der Waals surface area contributed by atoms with E-state index in [0.717, 1.165) is 12.1 Å². The second kappa shape index (κ2) is 8.72. The van der Waals surface area contributed by atoms with Crippen molar-refractivity contribution >= 4 is 17.8 Å². The van der Waals surface area contributed by atoms with Gasteiger partial charge >= 0.3 is 0 Å². The van der Waals surface area contributed by atoms with Crippen LogP contribution >= 0.6 is 0 Å². The summed E-state index contributed by atoms with van der Waals surface area (Å²) in [5.74, 6) is -2.18. The third-order valence-corrected chi connectivity index (χ3v) is 3.75. The number of ether oxygens (including phenoxy) is 1. The topological polar surface area (TPSA) is 83.8 Å². The molecule has 2 aromatic carbocycles. The molecule has 0 aliphatic heterocycles. The predicted molar refractivity (Wildman–Crippen MR) is 98.7 cm³/mol. The largest absolute Gasteiger partial charge is 0.488 e.